The van der Waals surface area contributed by atoms with E-state index in [2.05, 4.69) is 21.8 Å². The average molecular weight is 263 g/mol. The van der Waals surface area contributed by atoms with E-state index in [0.717, 1.165) is 37.2 Å². The highest BCUT2D eigenvalue weighted by Gasteiger charge is 2.40. The third-order valence-corrected chi connectivity index (χ3v) is 3.82. The van der Waals surface area contributed by atoms with Crippen molar-refractivity contribution in [1.82, 2.24) is 9.97 Å². The molecule has 0 spiro atoms. The number of nitrogens with two attached hydrogens (primary N) is 2. The number of rotatable bonds is 4. The van der Waals surface area contributed by atoms with Gasteiger partial charge >= 0.3 is 0 Å². The molecule has 1 atom stereocenters. The van der Waals surface area contributed by atoms with Crippen molar-refractivity contribution in [2.75, 3.05) is 23.7 Å². The number of hydrogen-bond acceptors (Lipinski definition) is 5. The van der Waals surface area contributed by atoms with Gasteiger partial charge in [-0.2, -0.15) is 0 Å². The Morgan fingerprint density at radius 1 is 1.53 bits per heavy atom. The fourth-order valence-corrected chi connectivity index (χ4v) is 2.52. The van der Waals surface area contributed by atoms with E-state index in [1.54, 1.807) is 0 Å². The van der Waals surface area contributed by atoms with Crippen LogP contribution in [0.3, 0.4) is 0 Å². The van der Waals surface area contributed by atoms with E-state index in [-0.39, 0.29) is 5.91 Å². The maximum absolute atomic E-state index is 11.5. The number of hydrogen-bond donors (Lipinski definition) is 2. The molecule has 1 unspecified atom stereocenters. The quantitative estimate of drug-likeness (QED) is 0.833. The molecule has 4 N–H and O–H groups in total. The summed E-state index contributed by atoms with van der Waals surface area (Å²) in [5.41, 5.74) is 11.9. The van der Waals surface area contributed by atoms with Crippen LogP contribution in [0, 0.1) is 5.41 Å². The molecule has 1 aromatic rings. The minimum Gasteiger partial charge on any atom is -0.383 e. The van der Waals surface area contributed by atoms with Crippen molar-refractivity contribution in [3.63, 3.8) is 0 Å². The van der Waals surface area contributed by atoms with Crippen LogP contribution in [0.4, 0.5) is 11.6 Å². The van der Waals surface area contributed by atoms with Crippen molar-refractivity contribution in [3.05, 3.63) is 11.9 Å². The summed E-state index contributed by atoms with van der Waals surface area (Å²) in [6.07, 6.45) is 4.04. The molecule has 0 saturated carbocycles. The fourth-order valence-electron chi connectivity index (χ4n) is 2.52. The Kier molecular flexibility index (Phi) is 3.59. The predicted octanol–water partition coefficient (Wildman–Crippen LogP) is 0.713. The molecular weight excluding hydrogens is 242 g/mol. The van der Waals surface area contributed by atoms with Gasteiger partial charge < -0.3 is 16.4 Å². The maximum atomic E-state index is 11.5. The van der Waals surface area contributed by atoms with E-state index in [1.165, 1.54) is 6.33 Å². The molecule has 6 nitrogen and oxygen atoms in total. The van der Waals surface area contributed by atoms with Crippen LogP contribution >= 0.6 is 0 Å². The van der Waals surface area contributed by atoms with Crippen LogP contribution in [0.15, 0.2) is 6.33 Å². The Morgan fingerprint density at radius 2 is 2.26 bits per heavy atom. The number of nitrogen functional groups attached to an aromatic ring is 1. The van der Waals surface area contributed by atoms with Crippen molar-refractivity contribution < 1.29 is 4.79 Å². The fraction of sp³-hybridized carbons (Fsp3) is 0.615. The van der Waals surface area contributed by atoms with Gasteiger partial charge in [0.15, 0.2) is 0 Å². The molecule has 2 heterocycles. The SMILES string of the molecule is CCCc1c(N)ncnc1N1CCC(C)(C(N)=O)C1. The first kappa shape index (κ1) is 13.6. The van der Waals surface area contributed by atoms with Gasteiger partial charge in [-0.15, -0.1) is 0 Å². The summed E-state index contributed by atoms with van der Waals surface area (Å²) < 4.78 is 0. The number of aromatic nitrogens is 2. The van der Waals surface area contributed by atoms with Crippen LogP contribution in [0.2, 0.25) is 0 Å². The largest absolute Gasteiger partial charge is 0.383 e. The van der Waals surface area contributed by atoms with E-state index in [1.807, 2.05) is 6.92 Å². The van der Waals surface area contributed by atoms with Gasteiger partial charge in [-0.3, -0.25) is 4.79 Å². The summed E-state index contributed by atoms with van der Waals surface area (Å²) in [6, 6.07) is 0. The van der Waals surface area contributed by atoms with Crippen molar-refractivity contribution in [2.24, 2.45) is 11.1 Å². The number of primary amides is 1. The van der Waals surface area contributed by atoms with Gasteiger partial charge in [0.1, 0.15) is 18.0 Å². The second kappa shape index (κ2) is 5.03. The van der Waals surface area contributed by atoms with E-state index >= 15 is 0 Å². The Balaban J connectivity index is 2.29. The van der Waals surface area contributed by atoms with E-state index in [9.17, 15) is 4.79 Å². The lowest BCUT2D eigenvalue weighted by Crippen LogP contribution is -2.37. The number of amides is 1. The smallest absolute Gasteiger partial charge is 0.225 e. The second-order valence-corrected chi connectivity index (χ2v) is 5.41. The van der Waals surface area contributed by atoms with Gasteiger partial charge in [-0.25, -0.2) is 9.97 Å². The lowest BCUT2D eigenvalue weighted by atomic mass is 9.89. The molecule has 0 bridgehead atoms. The predicted molar refractivity (Wildman–Crippen MR) is 74.6 cm³/mol. The zero-order chi connectivity index (χ0) is 14.0. The van der Waals surface area contributed by atoms with Crippen LogP contribution in [0.5, 0.6) is 0 Å². The minimum absolute atomic E-state index is 0.255. The zero-order valence-electron chi connectivity index (χ0n) is 11.5. The highest BCUT2D eigenvalue weighted by atomic mass is 16.1. The van der Waals surface area contributed by atoms with Crippen LogP contribution in [0.1, 0.15) is 32.3 Å². The second-order valence-electron chi connectivity index (χ2n) is 5.41. The molecule has 1 saturated heterocycles. The molecule has 0 aliphatic carbocycles. The van der Waals surface area contributed by atoms with Crippen molar-refractivity contribution in [1.29, 1.82) is 0 Å². The van der Waals surface area contributed by atoms with Crippen LogP contribution in [0.25, 0.3) is 0 Å². The summed E-state index contributed by atoms with van der Waals surface area (Å²) in [6.45, 7) is 5.36. The summed E-state index contributed by atoms with van der Waals surface area (Å²) in [4.78, 5) is 22.0. The minimum atomic E-state index is -0.483. The molecule has 104 valence electrons. The van der Waals surface area contributed by atoms with Crippen molar-refractivity contribution in [2.45, 2.75) is 33.1 Å². The first-order valence-electron chi connectivity index (χ1n) is 6.62. The van der Waals surface area contributed by atoms with Gasteiger partial charge in [-0.1, -0.05) is 13.3 Å². The number of anilines is 2. The third-order valence-electron chi connectivity index (χ3n) is 3.82. The van der Waals surface area contributed by atoms with Crippen molar-refractivity contribution >= 4 is 17.5 Å². The van der Waals surface area contributed by atoms with Crippen LogP contribution in [-0.4, -0.2) is 29.0 Å². The Hall–Kier alpha value is -1.85. The molecule has 1 aromatic heterocycles. The van der Waals surface area contributed by atoms with Gasteiger partial charge in [0, 0.05) is 18.7 Å². The highest BCUT2D eigenvalue weighted by Crippen LogP contribution is 2.34. The monoisotopic (exact) mass is 263 g/mol. The van der Waals surface area contributed by atoms with Gasteiger partial charge in [0.2, 0.25) is 5.91 Å². The van der Waals surface area contributed by atoms with E-state index in [4.69, 9.17) is 11.5 Å². The summed E-state index contributed by atoms with van der Waals surface area (Å²) in [5.74, 6) is 1.12. The highest BCUT2D eigenvalue weighted by molar-refractivity contribution is 5.82. The molecule has 1 fully saturated rings. The summed E-state index contributed by atoms with van der Waals surface area (Å²) in [7, 11) is 0. The Bertz CT molecular complexity index is 490. The molecule has 6 heteroatoms. The molecule has 0 aromatic carbocycles. The normalized spacial score (nSPS) is 22.7. The molecule has 1 amide bonds. The van der Waals surface area contributed by atoms with Crippen molar-refractivity contribution in [3.8, 4) is 0 Å². The van der Waals surface area contributed by atoms with Gasteiger partial charge in [0.25, 0.3) is 0 Å². The molecule has 2 rings (SSSR count). The molecule has 1 aliphatic heterocycles. The zero-order valence-corrected chi connectivity index (χ0v) is 11.5. The summed E-state index contributed by atoms with van der Waals surface area (Å²) >= 11 is 0. The van der Waals surface area contributed by atoms with Crippen LogP contribution < -0.4 is 16.4 Å². The van der Waals surface area contributed by atoms with E-state index < -0.39 is 5.41 Å². The number of nitrogens with zero attached hydrogens (tertiary/aromatic N) is 3. The average Bonchev–Trinajstić information content (AvgIpc) is 2.76. The Morgan fingerprint density at radius 3 is 2.84 bits per heavy atom. The van der Waals surface area contributed by atoms with Gasteiger partial charge in [0.05, 0.1) is 5.41 Å². The molecule has 19 heavy (non-hydrogen) atoms. The van der Waals surface area contributed by atoms with E-state index in [0.29, 0.717) is 12.4 Å². The standard InChI is InChI=1S/C13H21N5O/c1-3-4-9-10(14)16-8-17-11(9)18-6-5-13(2,7-18)12(15)19/h8H,3-7H2,1-2H3,(H2,15,19)(H2,14,16,17). The Labute approximate surface area is 113 Å². The summed E-state index contributed by atoms with van der Waals surface area (Å²) in [5, 5.41) is 0. The lowest BCUT2D eigenvalue weighted by molar-refractivity contribution is -0.125. The number of carbonyl (C=O) groups excluding carboxylic acids is 1. The molecule has 1 aliphatic rings. The third kappa shape index (κ3) is 2.47. The lowest BCUT2D eigenvalue weighted by Gasteiger charge is -2.23. The van der Waals surface area contributed by atoms with Crippen LogP contribution in [-0.2, 0) is 11.2 Å². The first-order valence-corrected chi connectivity index (χ1v) is 6.62. The number of carbonyl (C=O) groups is 1. The topological polar surface area (TPSA) is 98.1 Å². The van der Waals surface area contributed by atoms with Gasteiger partial charge in [-0.05, 0) is 19.8 Å². The molecular formula is C13H21N5O. The molecule has 0 radical (unpaired) electrons. The first-order chi connectivity index (χ1) is 8.98. The maximum Gasteiger partial charge on any atom is 0.225 e.